The molecule has 0 bridgehead atoms. The summed E-state index contributed by atoms with van der Waals surface area (Å²) >= 11 is 0. The van der Waals surface area contributed by atoms with Crippen LogP contribution in [-0.4, -0.2) is 33.2 Å². The van der Waals surface area contributed by atoms with Gasteiger partial charge < -0.3 is 10.1 Å². The minimum absolute atomic E-state index is 0.00319. The molecule has 0 spiro atoms. The Kier molecular flexibility index (Phi) is 5.91. The lowest BCUT2D eigenvalue weighted by Gasteiger charge is -2.08. The van der Waals surface area contributed by atoms with Gasteiger partial charge in [0.1, 0.15) is 0 Å². The van der Waals surface area contributed by atoms with Crippen LogP contribution < -0.4 is 5.32 Å². The second kappa shape index (κ2) is 8.56. The van der Waals surface area contributed by atoms with Gasteiger partial charge in [-0.2, -0.15) is 5.10 Å². The summed E-state index contributed by atoms with van der Waals surface area (Å²) in [5.41, 5.74) is 3.63. The van der Waals surface area contributed by atoms with Crippen molar-refractivity contribution in [1.29, 1.82) is 0 Å². The molecule has 1 aromatic heterocycles. The lowest BCUT2D eigenvalue weighted by atomic mass is 10.2. The van der Waals surface area contributed by atoms with E-state index in [1.807, 2.05) is 38.1 Å². The SMILES string of the molecule is Cc1ccc(-n2nc(C)c(NC(=O)COC(=O)c3cccc([N+](=O)[O-])c3)c2C)cc1. The van der Waals surface area contributed by atoms with Gasteiger partial charge >= 0.3 is 5.97 Å². The van der Waals surface area contributed by atoms with Crippen molar-refractivity contribution in [3.63, 3.8) is 0 Å². The largest absolute Gasteiger partial charge is 0.452 e. The van der Waals surface area contributed by atoms with Crippen LogP contribution in [0.5, 0.6) is 0 Å². The third kappa shape index (κ3) is 4.52. The second-order valence-corrected chi connectivity index (χ2v) is 6.72. The van der Waals surface area contributed by atoms with Crippen LogP contribution in [-0.2, 0) is 9.53 Å². The number of nitro benzene ring substituents is 1. The lowest BCUT2D eigenvalue weighted by molar-refractivity contribution is -0.384. The Morgan fingerprint density at radius 1 is 1.13 bits per heavy atom. The van der Waals surface area contributed by atoms with Crippen LogP contribution >= 0.6 is 0 Å². The lowest BCUT2D eigenvalue weighted by Crippen LogP contribution is -2.21. The molecule has 0 saturated carbocycles. The van der Waals surface area contributed by atoms with Crippen LogP contribution in [0.2, 0.25) is 0 Å². The Hall–Kier alpha value is -4.01. The van der Waals surface area contributed by atoms with Crippen molar-refractivity contribution >= 4 is 23.3 Å². The second-order valence-electron chi connectivity index (χ2n) is 6.72. The van der Waals surface area contributed by atoms with Crippen LogP contribution in [0.1, 0.15) is 27.3 Å². The van der Waals surface area contributed by atoms with E-state index in [0.29, 0.717) is 11.4 Å². The number of hydrogen-bond acceptors (Lipinski definition) is 6. The van der Waals surface area contributed by atoms with Gasteiger partial charge in [-0.3, -0.25) is 14.9 Å². The number of aromatic nitrogens is 2. The molecule has 0 saturated heterocycles. The van der Waals surface area contributed by atoms with E-state index in [1.165, 1.54) is 18.2 Å². The van der Waals surface area contributed by atoms with E-state index in [0.717, 1.165) is 23.0 Å². The van der Waals surface area contributed by atoms with Gasteiger partial charge in [0.15, 0.2) is 6.61 Å². The molecule has 1 amide bonds. The molecule has 0 unspecified atom stereocenters. The summed E-state index contributed by atoms with van der Waals surface area (Å²) in [5.74, 6) is -1.36. The number of carbonyl (C=O) groups is 2. The topological polar surface area (TPSA) is 116 Å². The molecule has 9 nitrogen and oxygen atoms in total. The summed E-state index contributed by atoms with van der Waals surface area (Å²) in [4.78, 5) is 34.6. The molecule has 0 aliphatic carbocycles. The fourth-order valence-electron chi connectivity index (χ4n) is 2.90. The van der Waals surface area contributed by atoms with Gasteiger partial charge in [-0.1, -0.05) is 23.8 Å². The number of anilines is 1. The molecule has 0 atom stereocenters. The Bertz CT molecular complexity index is 1120. The van der Waals surface area contributed by atoms with Gasteiger partial charge in [-0.05, 0) is 39.0 Å². The highest BCUT2D eigenvalue weighted by molar-refractivity contribution is 5.96. The van der Waals surface area contributed by atoms with E-state index in [-0.39, 0.29) is 11.3 Å². The third-order valence-electron chi connectivity index (χ3n) is 4.46. The number of nitrogens with zero attached hydrogens (tertiary/aromatic N) is 3. The normalized spacial score (nSPS) is 10.5. The highest BCUT2D eigenvalue weighted by atomic mass is 16.6. The molecule has 0 fully saturated rings. The zero-order valence-corrected chi connectivity index (χ0v) is 16.7. The predicted octanol–water partition coefficient (Wildman–Crippen LogP) is 3.50. The fraction of sp³-hybridized carbons (Fsp3) is 0.190. The van der Waals surface area contributed by atoms with Crippen molar-refractivity contribution in [2.24, 2.45) is 0 Å². The first kappa shape index (κ1) is 20.7. The van der Waals surface area contributed by atoms with Crippen LogP contribution in [0.15, 0.2) is 48.5 Å². The van der Waals surface area contributed by atoms with Crippen LogP contribution in [0.3, 0.4) is 0 Å². The molecular formula is C21H20N4O5. The van der Waals surface area contributed by atoms with Gasteiger partial charge in [0.05, 0.1) is 33.2 Å². The molecule has 0 aliphatic heterocycles. The number of benzene rings is 2. The standard InChI is InChI=1S/C21H20N4O5/c1-13-7-9-17(10-8-13)24-15(3)20(14(2)23-24)22-19(26)12-30-21(27)16-5-4-6-18(11-16)25(28)29/h4-11H,12H2,1-3H3,(H,22,26). The molecule has 1 N–H and O–H groups in total. The van der Waals surface area contributed by atoms with Gasteiger partial charge in [0, 0.05) is 12.1 Å². The van der Waals surface area contributed by atoms with E-state index in [1.54, 1.807) is 11.6 Å². The first-order valence-electron chi connectivity index (χ1n) is 9.11. The average Bonchev–Trinajstić information content (AvgIpc) is 3.01. The average molecular weight is 408 g/mol. The third-order valence-corrected chi connectivity index (χ3v) is 4.46. The van der Waals surface area contributed by atoms with Gasteiger partial charge in [-0.25, -0.2) is 9.48 Å². The van der Waals surface area contributed by atoms with Crippen molar-refractivity contribution in [2.45, 2.75) is 20.8 Å². The molecule has 2 aromatic carbocycles. The molecule has 0 aliphatic rings. The van der Waals surface area contributed by atoms with Crippen molar-refractivity contribution in [3.8, 4) is 5.69 Å². The van der Waals surface area contributed by atoms with Crippen LogP contribution in [0.4, 0.5) is 11.4 Å². The van der Waals surface area contributed by atoms with Gasteiger partial charge in [0.25, 0.3) is 11.6 Å². The number of carbonyl (C=O) groups excluding carboxylic acids is 2. The Balaban J connectivity index is 1.66. The fourth-order valence-corrected chi connectivity index (χ4v) is 2.90. The number of ether oxygens (including phenoxy) is 1. The molecule has 1 heterocycles. The number of non-ortho nitro benzene ring substituents is 1. The minimum Gasteiger partial charge on any atom is -0.452 e. The number of rotatable bonds is 6. The summed E-state index contributed by atoms with van der Waals surface area (Å²) in [6, 6.07) is 12.9. The molecule has 154 valence electrons. The van der Waals surface area contributed by atoms with Crippen molar-refractivity contribution in [2.75, 3.05) is 11.9 Å². The summed E-state index contributed by atoms with van der Waals surface area (Å²) in [7, 11) is 0. The Morgan fingerprint density at radius 2 is 1.83 bits per heavy atom. The van der Waals surface area contributed by atoms with E-state index in [9.17, 15) is 19.7 Å². The zero-order chi connectivity index (χ0) is 21.8. The number of hydrogen-bond donors (Lipinski definition) is 1. The Morgan fingerprint density at radius 3 is 2.50 bits per heavy atom. The first-order chi connectivity index (χ1) is 14.3. The molecule has 9 heteroatoms. The molecular weight excluding hydrogens is 388 g/mol. The summed E-state index contributed by atoms with van der Waals surface area (Å²) < 4.78 is 6.70. The predicted molar refractivity (Wildman–Crippen MR) is 110 cm³/mol. The maximum atomic E-state index is 12.3. The monoisotopic (exact) mass is 408 g/mol. The zero-order valence-electron chi connectivity index (χ0n) is 16.7. The summed E-state index contributed by atoms with van der Waals surface area (Å²) in [5, 5.41) is 18.0. The number of esters is 1. The van der Waals surface area contributed by atoms with Gasteiger partial charge in [0.2, 0.25) is 0 Å². The number of amides is 1. The van der Waals surface area contributed by atoms with Crippen molar-refractivity contribution < 1.29 is 19.2 Å². The van der Waals surface area contributed by atoms with Crippen LogP contribution in [0, 0.1) is 30.9 Å². The number of aryl methyl sites for hydroxylation is 2. The minimum atomic E-state index is -0.822. The molecule has 3 aromatic rings. The van der Waals surface area contributed by atoms with E-state index >= 15 is 0 Å². The van der Waals surface area contributed by atoms with E-state index in [4.69, 9.17) is 4.74 Å². The first-order valence-corrected chi connectivity index (χ1v) is 9.11. The van der Waals surface area contributed by atoms with E-state index in [2.05, 4.69) is 10.4 Å². The van der Waals surface area contributed by atoms with Gasteiger partial charge in [-0.15, -0.1) is 0 Å². The molecule has 3 rings (SSSR count). The number of nitro groups is 1. The Labute approximate surface area is 172 Å². The number of nitrogens with one attached hydrogen (secondary N) is 1. The van der Waals surface area contributed by atoms with E-state index < -0.39 is 23.4 Å². The summed E-state index contributed by atoms with van der Waals surface area (Å²) in [6.45, 7) is 5.05. The highest BCUT2D eigenvalue weighted by Crippen LogP contribution is 2.23. The highest BCUT2D eigenvalue weighted by Gasteiger charge is 2.18. The molecule has 0 radical (unpaired) electrons. The van der Waals surface area contributed by atoms with Crippen molar-refractivity contribution in [1.82, 2.24) is 9.78 Å². The maximum absolute atomic E-state index is 12.3. The van der Waals surface area contributed by atoms with Crippen molar-refractivity contribution in [3.05, 3.63) is 81.2 Å². The molecule has 30 heavy (non-hydrogen) atoms. The van der Waals surface area contributed by atoms with Crippen LogP contribution in [0.25, 0.3) is 5.69 Å². The quantitative estimate of drug-likeness (QED) is 0.379. The maximum Gasteiger partial charge on any atom is 0.338 e. The smallest absolute Gasteiger partial charge is 0.338 e. The summed E-state index contributed by atoms with van der Waals surface area (Å²) in [6.07, 6.45) is 0.